The maximum absolute atomic E-state index is 12.9. The summed E-state index contributed by atoms with van der Waals surface area (Å²) in [5, 5.41) is 7.39. The number of hydrogen-bond donors (Lipinski definition) is 0. The van der Waals surface area contributed by atoms with Crippen molar-refractivity contribution in [2.75, 3.05) is 26.1 Å². The summed E-state index contributed by atoms with van der Waals surface area (Å²) >= 11 is 3.45. The summed E-state index contributed by atoms with van der Waals surface area (Å²) in [6.45, 7) is 0.661. The third-order valence-electron chi connectivity index (χ3n) is 5.02. The third-order valence-corrected chi connectivity index (χ3v) is 5.58. The van der Waals surface area contributed by atoms with Gasteiger partial charge in [-0.05, 0) is 43.9 Å². The molecule has 5 nitrogen and oxygen atoms in total. The molecule has 1 aromatic carbocycles. The topological polar surface area (TPSA) is 51.1 Å². The molecule has 1 amide bonds. The smallest absolute Gasteiger partial charge is 0.246 e. The van der Waals surface area contributed by atoms with Crippen molar-refractivity contribution in [3.8, 4) is 11.5 Å². The fourth-order valence-electron chi connectivity index (χ4n) is 3.62. The Morgan fingerprint density at radius 2 is 1.85 bits per heavy atom. The van der Waals surface area contributed by atoms with Gasteiger partial charge in [-0.1, -0.05) is 28.1 Å². The highest BCUT2D eigenvalue weighted by Gasteiger charge is 2.39. The number of unbranched alkanes of at least 4 members (excludes halogenated alkanes) is 1. The highest BCUT2D eigenvalue weighted by Crippen LogP contribution is 2.36. The summed E-state index contributed by atoms with van der Waals surface area (Å²) in [6, 6.07) is 5.86. The Balaban J connectivity index is 1.96. The zero-order valence-electron chi connectivity index (χ0n) is 15.3. The van der Waals surface area contributed by atoms with Crippen LogP contribution in [0.2, 0.25) is 0 Å². The lowest BCUT2D eigenvalue weighted by molar-refractivity contribution is -0.137. The molecule has 26 heavy (non-hydrogen) atoms. The lowest BCUT2D eigenvalue weighted by Crippen LogP contribution is -2.45. The van der Waals surface area contributed by atoms with Gasteiger partial charge in [0.25, 0.3) is 0 Å². The number of halogens is 1. The molecule has 0 unspecified atom stereocenters. The van der Waals surface area contributed by atoms with E-state index in [0.29, 0.717) is 18.0 Å². The van der Waals surface area contributed by atoms with Crippen molar-refractivity contribution in [3.63, 3.8) is 0 Å². The van der Waals surface area contributed by atoms with Gasteiger partial charge in [-0.3, -0.25) is 4.79 Å². The summed E-state index contributed by atoms with van der Waals surface area (Å²) in [4.78, 5) is 12.9. The number of nitrogens with zero attached hydrogens (tertiary/aromatic N) is 2. The van der Waals surface area contributed by atoms with Crippen molar-refractivity contribution in [3.05, 3.63) is 35.9 Å². The molecule has 1 heterocycles. The molecule has 0 saturated carbocycles. The van der Waals surface area contributed by atoms with Crippen LogP contribution in [0.1, 0.15) is 31.2 Å². The molecule has 1 aliphatic heterocycles. The van der Waals surface area contributed by atoms with Gasteiger partial charge >= 0.3 is 0 Å². The first kappa shape index (κ1) is 19.0. The van der Waals surface area contributed by atoms with Crippen LogP contribution in [0, 0.1) is 11.8 Å². The van der Waals surface area contributed by atoms with Gasteiger partial charge in [0.2, 0.25) is 5.91 Å². The zero-order valence-corrected chi connectivity index (χ0v) is 16.9. The molecule has 1 aliphatic carbocycles. The molecule has 2 aliphatic rings. The van der Waals surface area contributed by atoms with Gasteiger partial charge in [0.05, 0.1) is 25.8 Å². The monoisotopic (exact) mass is 420 g/mol. The zero-order chi connectivity index (χ0) is 18.5. The summed E-state index contributed by atoms with van der Waals surface area (Å²) in [5.74, 6) is 1.62. The highest BCUT2D eigenvalue weighted by molar-refractivity contribution is 9.09. The van der Waals surface area contributed by atoms with Gasteiger partial charge in [0.15, 0.2) is 11.5 Å². The number of methoxy groups -OCH3 is 2. The fourth-order valence-corrected chi connectivity index (χ4v) is 4.01. The number of carbonyl (C=O) groups is 1. The normalized spacial score (nSPS) is 22.0. The molecular formula is C20H25BrN2O3. The minimum absolute atomic E-state index is 0.0235. The summed E-state index contributed by atoms with van der Waals surface area (Å²) in [6.07, 6.45) is 7.87. The first-order valence-corrected chi connectivity index (χ1v) is 10.1. The van der Waals surface area contributed by atoms with Gasteiger partial charge < -0.3 is 9.47 Å². The van der Waals surface area contributed by atoms with Crippen LogP contribution in [-0.2, 0) is 4.79 Å². The van der Waals surface area contributed by atoms with E-state index < -0.39 is 0 Å². The second-order valence-corrected chi connectivity index (χ2v) is 7.36. The van der Waals surface area contributed by atoms with E-state index >= 15 is 0 Å². The Labute approximate surface area is 163 Å². The number of allylic oxidation sites excluding steroid dienone is 2. The van der Waals surface area contributed by atoms with E-state index in [0.717, 1.165) is 42.3 Å². The Kier molecular flexibility index (Phi) is 6.35. The second kappa shape index (κ2) is 8.71. The SMILES string of the molecule is COc1ccc(C2=NN(CCCCBr)C(=O)[C@@H]3CC=CC[C@H]23)cc1OC. The number of benzene rings is 1. The highest BCUT2D eigenvalue weighted by atomic mass is 79.9. The minimum atomic E-state index is -0.0235. The van der Waals surface area contributed by atoms with E-state index in [-0.39, 0.29) is 17.7 Å². The molecule has 0 radical (unpaired) electrons. The van der Waals surface area contributed by atoms with Crippen LogP contribution in [0.25, 0.3) is 0 Å². The molecule has 140 valence electrons. The maximum atomic E-state index is 12.9. The molecule has 3 rings (SSSR count). The average molecular weight is 421 g/mol. The van der Waals surface area contributed by atoms with E-state index in [1.165, 1.54) is 0 Å². The van der Waals surface area contributed by atoms with Crippen molar-refractivity contribution in [2.24, 2.45) is 16.9 Å². The second-order valence-electron chi connectivity index (χ2n) is 6.57. The van der Waals surface area contributed by atoms with Crippen LogP contribution < -0.4 is 9.47 Å². The van der Waals surface area contributed by atoms with E-state index in [4.69, 9.17) is 14.6 Å². The summed E-state index contributed by atoms with van der Waals surface area (Å²) < 4.78 is 10.8. The molecule has 0 aromatic heterocycles. The first-order valence-electron chi connectivity index (χ1n) is 9.02. The molecule has 2 atom stereocenters. The third kappa shape index (κ3) is 3.80. The average Bonchev–Trinajstić information content (AvgIpc) is 2.69. The quantitative estimate of drug-likeness (QED) is 0.380. The molecule has 0 saturated heterocycles. The summed E-state index contributed by atoms with van der Waals surface area (Å²) in [7, 11) is 3.26. The molecule has 0 fully saturated rings. The molecule has 1 aromatic rings. The maximum Gasteiger partial charge on any atom is 0.246 e. The van der Waals surface area contributed by atoms with E-state index in [1.807, 2.05) is 18.2 Å². The molecular weight excluding hydrogens is 396 g/mol. The number of hydrogen-bond acceptors (Lipinski definition) is 4. The standard InChI is InChI=1S/C20H25BrN2O3/c1-25-17-10-9-14(13-18(17)26-2)19-15-7-3-4-8-16(15)20(24)23(22-19)12-6-5-11-21/h3-4,9-10,13,15-16H,5-8,11-12H2,1-2H3/t15-,16+/m0/s1. The Hall–Kier alpha value is -1.82. The van der Waals surface area contributed by atoms with Crippen molar-refractivity contribution in [1.82, 2.24) is 5.01 Å². The van der Waals surface area contributed by atoms with Crippen LogP contribution in [0.4, 0.5) is 0 Å². The van der Waals surface area contributed by atoms with Crippen molar-refractivity contribution >= 4 is 27.5 Å². The fraction of sp³-hybridized carbons (Fsp3) is 0.500. The molecule has 0 bridgehead atoms. The molecule has 0 spiro atoms. The predicted molar refractivity (Wildman–Crippen MR) is 106 cm³/mol. The predicted octanol–water partition coefficient (Wildman–Crippen LogP) is 4.01. The van der Waals surface area contributed by atoms with Gasteiger partial charge in [-0.2, -0.15) is 5.10 Å². The Morgan fingerprint density at radius 1 is 1.12 bits per heavy atom. The number of hydrazone groups is 1. The summed E-state index contributed by atoms with van der Waals surface area (Å²) in [5.41, 5.74) is 1.96. The van der Waals surface area contributed by atoms with Crippen LogP contribution in [0.3, 0.4) is 0 Å². The number of fused-ring (bicyclic) bond motifs is 1. The van der Waals surface area contributed by atoms with Crippen LogP contribution in [0.5, 0.6) is 11.5 Å². The van der Waals surface area contributed by atoms with E-state index in [2.05, 4.69) is 28.1 Å². The lowest BCUT2D eigenvalue weighted by atomic mass is 9.76. The number of alkyl halides is 1. The Bertz CT molecular complexity index is 717. The van der Waals surface area contributed by atoms with Crippen LogP contribution in [-0.4, -0.2) is 42.7 Å². The van der Waals surface area contributed by atoms with Gasteiger partial charge in [-0.15, -0.1) is 0 Å². The van der Waals surface area contributed by atoms with Crippen LogP contribution >= 0.6 is 15.9 Å². The molecule has 6 heteroatoms. The van der Waals surface area contributed by atoms with E-state index in [1.54, 1.807) is 19.2 Å². The number of ether oxygens (including phenoxy) is 2. The Morgan fingerprint density at radius 3 is 2.54 bits per heavy atom. The van der Waals surface area contributed by atoms with Gasteiger partial charge in [-0.25, -0.2) is 5.01 Å². The molecule has 0 N–H and O–H groups in total. The number of rotatable bonds is 7. The number of carbonyl (C=O) groups excluding carboxylic acids is 1. The van der Waals surface area contributed by atoms with Crippen LogP contribution in [0.15, 0.2) is 35.5 Å². The van der Waals surface area contributed by atoms with Gasteiger partial charge in [0, 0.05) is 23.4 Å². The first-order chi connectivity index (χ1) is 12.7. The van der Waals surface area contributed by atoms with Crippen molar-refractivity contribution in [1.29, 1.82) is 0 Å². The number of amides is 1. The van der Waals surface area contributed by atoms with E-state index in [9.17, 15) is 4.79 Å². The largest absolute Gasteiger partial charge is 0.493 e. The van der Waals surface area contributed by atoms with Crippen molar-refractivity contribution < 1.29 is 14.3 Å². The lowest BCUT2D eigenvalue weighted by Gasteiger charge is -2.37. The minimum Gasteiger partial charge on any atom is -0.493 e. The van der Waals surface area contributed by atoms with Gasteiger partial charge in [0.1, 0.15) is 0 Å². The van der Waals surface area contributed by atoms with Crippen molar-refractivity contribution in [2.45, 2.75) is 25.7 Å².